The third-order valence-corrected chi connectivity index (χ3v) is 4.70. The summed E-state index contributed by atoms with van der Waals surface area (Å²) in [4.78, 5) is 0.266. The van der Waals surface area contributed by atoms with Crippen molar-refractivity contribution in [3.8, 4) is 0 Å². The van der Waals surface area contributed by atoms with Crippen molar-refractivity contribution in [2.24, 2.45) is 5.73 Å². The Morgan fingerprint density at radius 3 is 2.45 bits per heavy atom. The molecule has 0 atom stereocenters. The fourth-order valence-electron chi connectivity index (χ4n) is 2.09. The lowest BCUT2D eigenvalue weighted by Crippen LogP contribution is -2.15. The van der Waals surface area contributed by atoms with E-state index in [0.29, 0.717) is 17.8 Å². The van der Waals surface area contributed by atoms with Gasteiger partial charge in [-0.15, -0.1) is 0 Å². The van der Waals surface area contributed by atoms with Crippen molar-refractivity contribution in [3.05, 3.63) is 59.2 Å². The van der Waals surface area contributed by atoms with E-state index in [1.54, 1.807) is 31.2 Å². The average molecular weight is 290 g/mol. The summed E-state index contributed by atoms with van der Waals surface area (Å²) in [5.41, 5.74) is 8.70. The van der Waals surface area contributed by atoms with Crippen molar-refractivity contribution in [2.45, 2.75) is 25.3 Å². The second kappa shape index (κ2) is 5.64. The van der Waals surface area contributed by atoms with Crippen LogP contribution in [0.2, 0.25) is 0 Å². The number of anilines is 1. The SMILES string of the molecule is Cc1cccc(NS(=O)(=O)c2cccc(CN)c2C)c1. The predicted octanol–water partition coefficient (Wildman–Crippen LogP) is 2.56. The van der Waals surface area contributed by atoms with Crippen molar-refractivity contribution in [1.29, 1.82) is 0 Å². The van der Waals surface area contributed by atoms with Crippen LogP contribution in [0.1, 0.15) is 16.7 Å². The highest BCUT2D eigenvalue weighted by Gasteiger charge is 2.18. The van der Waals surface area contributed by atoms with E-state index < -0.39 is 10.0 Å². The van der Waals surface area contributed by atoms with Crippen molar-refractivity contribution < 1.29 is 8.42 Å². The highest BCUT2D eigenvalue weighted by atomic mass is 32.2. The number of sulfonamides is 1. The Morgan fingerprint density at radius 1 is 1.10 bits per heavy atom. The van der Waals surface area contributed by atoms with Gasteiger partial charge in [0.15, 0.2) is 0 Å². The van der Waals surface area contributed by atoms with E-state index in [1.807, 2.05) is 25.1 Å². The molecule has 0 amide bonds. The van der Waals surface area contributed by atoms with E-state index in [1.165, 1.54) is 0 Å². The van der Waals surface area contributed by atoms with E-state index in [2.05, 4.69) is 4.72 Å². The first kappa shape index (κ1) is 14.6. The summed E-state index contributed by atoms with van der Waals surface area (Å²) in [5.74, 6) is 0. The molecule has 20 heavy (non-hydrogen) atoms. The van der Waals surface area contributed by atoms with Gasteiger partial charge in [-0.25, -0.2) is 8.42 Å². The maximum absolute atomic E-state index is 12.4. The number of rotatable bonds is 4. The Bertz CT molecular complexity index is 724. The Hall–Kier alpha value is -1.85. The van der Waals surface area contributed by atoms with Crippen LogP contribution in [-0.4, -0.2) is 8.42 Å². The molecule has 3 N–H and O–H groups in total. The predicted molar refractivity (Wildman–Crippen MR) is 81.1 cm³/mol. The van der Waals surface area contributed by atoms with E-state index in [0.717, 1.165) is 11.1 Å². The molecule has 0 bridgehead atoms. The molecule has 0 saturated heterocycles. The largest absolute Gasteiger partial charge is 0.326 e. The highest BCUT2D eigenvalue weighted by molar-refractivity contribution is 7.92. The fourth-order valence-corrected chi connectivity index (χ4v) is 3.43. The summed E-state index contributed by atoms with van der Waals surface area (Å²) in [6.07, 6.45) is 0. The zero-order valence-corrected chi connectivity index (χ0v) is 12.4. The second-order valence-electron chi connectivity index (χ2n) is 4.72. The summed E-state index contributed by atoms with van der Waals surface area (Å²) in [7, 11) is -3.60. The molecule has 0 heterocycles. The van der Waals surface area contributed by atoms with Gasteiger partial charge in [0.25, 0.3) is 10.0 Å². The first-order valence-electron chi connectivity index (χ1n) is 6.32. The van der Waals surface area contributed by atoms with Crippen LogP contribution >= 0.6 is 0 Å². The Labute approximate surface area is 119 Å². The van der Waals surface area contributed by atoms with Crippen LogP contribution in [0.3, 0.4) is 0 Å². The Kier molecular flexibility index (Phi) is 4.11. The van der Waals surface area contributed by atoms with E-state index in [4.69, 9.17) is 5.73 Å². The molecule has 0 aliphatic heterocycles. The zero-order chi connectivity index (χ0) is 14.8. The maximum atomic E-state index is 12.4. The van der Waals surface area contributed by atoms with Crippen molar-refractivity contribution in [1.82, 2.24) is 0 Å². The van der Waals surface area contributed by atoms with Crippen LogP contribution in [0.4, 0.5) is 5.69 Å². The topological polar surface area (TPSA) is 72.2 Å². The molecule has 2 aromatic rings. The smallest absolute Gasteiger partial charge is 0.262 e. The second-order valence-corrected chi connectivity index (χ2v) is 6.37. The molecule has 2 aromatic carbocycles. The minimum atomic E-state index is -3.60. The number of benzene rings is 2. The Balaban J connectivity index is 2.41. The molecule has 2 rings (SSSR count). The van der Waals surface area contributed by atoms with Gasteiger partial charge in [-0.3, -0.25) is 4.72 Å². The van der Waals surface area contributed by atoms with Crippen molar-refractivity contribution >= 4 is 15.7 Å². The average Bonchev–Trinajstić information content (AvgIpc) is 2.38. The van der Waals surface area contributed by atoms with Crippen LogP contribution in [0.5, 0.6) is 0 Å². The summed E-state index contributed by atoms with van der Waals surface area (Å²) >= 11 is 0. The molecule has 0 unspecified atom stereocenters. The molecular weight excluding hydrogens is 272 g/mol. The van der Waals surface area contributed by atoms with Gasteiger partial charge >= 0.3 is 0 Å². The van der Waals surface area contributed by atoms with Gasteiger partial charge in [-0.1, -0.05) is 24.3 Å². The number of hydrogen-bond acceptors (Lipinski definition) is 3. The minimum Gasteiger partial charge on any atom is -0.326 e. The first-order chi connectivity index (χ1) is 9.44. The standard InChI is InChI=1S/C15H18N2O2S/c1-11-5-3-7-14(9-11)17-20(18,19)15-8-4-6-13(10-16)12(15)2/h3-9,17H,10,16H2,1-2H3. The lowest BCUT2D eigenvalue weighted by Gasteiger charge is -2.13. The molecular formula is C15H18N2O2S. The van der Waals surface area contributed by atoms with Crippen LogP contribution in [0.25, 0.3) is 0 Å². The van der Waals surface area contributed by atoms with Crippen LogP contribution in [-0.2, 0) is 16.6 Å². The van der Waals surface area contributed by atoms with Gasteiger partial charge in [0, 0.05) is 12.2 Å². The van der Waals surface area contributed by atoms with Gasteiger partial charge in [0.2, 0.25) is 0 Å². The molecule has 0 aliphatic carbocycles. The third kappa shape index (κ3) is 3.00. The monoisotopic (exact) mass is 290 g/mol. The number of nitrogens with one attached hydrogen (secondary N) is 1. The zero-order valence-electron chi connectivity index (χ0n) is 11.6. The van der Waals surface area contributed by atoms with Gasteiger partial charge in [-0.2, -0.15) is 0 Å². The van der Waals surface area contributed by atoms with Crippen molar-refractivity contribution in [2.75, 3.05) is 4.72 Å². The van der Waals surface area contributed by atoms with E-state index in [9.17, 15) is 8.42 Å². The summed E-state index contributed by atoms with van der Waals surface area (Å²) < 4.78 is 27.5. The molecule has 0 radical (unpaired) electrons. The Morgan fingerprint density at radius 2 is 1.80 bits per heavy atom. The van der Waals surface area contributed by atoms with Gasteiger partial charge < -0.3 is 5.73 Å². The van der Waals surface area contributed by atoms with Gasteiger partial charge in [0.1, 0.15) is 0 Å². The fraction of sp³-hybridized carbons (Fsp3) is 0.200. The van der Waals surface area contributed by atoms with Gasteiger partial charge in [-0.05, 0) is 48.7 Å². The number of hydrogen-bond donors (Lipinski definition) is 2. The molecule has 0 aromatic heterocycles. The highest BCUT2D eigenvalue weighted by Crippen LogP contribution is 2.22. The lowest BCUT2D eigenvalue weighted by molar-refractivity contribution is 0.600. The number of nitrogens with two attached hydrogens (primary N) is 1. The molecule has 0 saturated carbocycles. The van der Waals surface area contributed by atoms with E-state index in [-0.39, 0.29) is 4.90 Å². The van der Waals surface area contributed by atoms with Crippen LogP contribution in [0, 0.1) is 13.8 Å². The molecule has 0 fully saturated rings. The molecule has 0 spiro atoms. The number of aryl methyl sites for hydroxylation is 1. The van der Waals surface area contributed by atoms with E-state index >= 15 is 0 Å². The quantitative estimate of drug-likeness (QED) is 0.909. The minimum absolute atomic E-state index is 0.266. The lowest BCUT2D eigenvalue weighted by atomic mass is 10.1. The normalized spacial score (nSPS) is 11.3. The van der Waals surface area contributed by atoms with Crippen LogP contribution < -0.4 is 10.5 Å². The molecule has 4 nitrogen and oxygen atoms in total. The molecule has 5 heteroatoms. The summed E-state index contributed by atoms with van der Waals surface area (Å²) in [6, 6.07) is 12.4. The van der Waals surface area contributed by atoms with Gasteiger partial charge in [0.05, 0.1) is 4.90 Å². The summed E-state index contributed by atoms with van der Waals surface area (Å²) in [6.45, 7) is 4.00. The van der Waals surface area contributed by atoms with Crippen molar-refractivity contribution in [3.63, 3.8) is 0 Å². The summed E-state index contributed by atoms with van der Waals surface area (Å²) in [5, 5.41) is 0. The first-order valence-corrected chi connectivity index (χ1v) is 7.80. The molecule has 106 valence electrons. The maximum Gasteiger partial charge on any atom is 0.262 e. The third-order valence-electron chi connectivity index (χ3n) is 3.18. The van der Waals surface area contributed by atoms with Crippen LogP contribution in [0.15, 0.2) is 47.4 Å². The molecule has 0 aliphatic rings.